The van der Waals surface area contributed by atoms with Crippen LogP contribution < -0.4 is 10.1 Å². The van der Waals surface area contributed by atoms with E-state index in [0.717, 1.165) is 6.42 Å². The van der Waals surface area contributed by atoms with E-state index in [1.807, 2.05) is 6.92 Å². The van der Waals surface area contributed by atoms with Crippen LogP contribution in [0.15, 0.2) is 11.4 Å². The van der Waals surface area contributed by atoms with Gasteiger partial charge < -0.3 is 10.1 Å². The number of methoxy groups -OCH3 is 1. The Balaban J connectivity index is 2.61. The standard InChI is InChI=1S/C12H15NO2S/c1-4-6-9(5-2)13-12(14)11-7-10(15-3)8-16-11/h1,7-9H,5-6H2,2-3H3,(H,13,14). The summed E-state index contributed by atoms with van der Waals surface area (Å²) in [6, 6.07) is 1.77. The molecular weight excluding hydrogens is 222 g/mol. The van der Waals surface area contributed by atoms with Crippen molar-refractivity contribution in [2.45, 2.75) is 25.8 Å². The summed E-state index contributed by atoms with van der Waals surface area (Å²) in [6.07, 6.45) is 6.62. The summed E-state index contributed by atoms with van der Waals surface area (Å²) in [5.74, 6) is 3.18. The summed E-state index contributed by atoms with van der Waals surface area (Å²) in [4.78, 5) is 12.4. The first-order valence-corrected chi connectivity index (χ1v) is 5.96. The lowest BCUT2D eigenvalue weighted by Crippen LogP contribution is -2.33. The van der Waals surface area contributed by atoms with E-state index < -0.39 is 0 Å². The van der Waals surface area contributed by atoms with Crippen LogP contribution in [0.3, 0.4) is 0 Å². The van der Waals surface area contributed by atoms with Gasteiger partial charge in [0.1, 0.15) is 5.75 Å². The average molecular weight is 237 g/mol. The van der Waals surface area contributed by atoms with Crippen molar-refractivity contribution in [2.24, 2.45) is 0 Å². The Bertz CT molecular complexity index is 392. The highest BCUT2D eigenvalue weighted by Crippen LogP contribution is 2.21. The van der Waals surface area contributed by atoms with E-state index in [1.165, 1.54) is 11.3 Å². The third-order valence-corrected chi connectivity index (χ3v) is 3.13. The second kappa shape index (κ2) is 6.19. The molecule has 0 aromatic carbocycles. The van der Waals surface area contributed by atoms with Gasteiger partial charge in [0.25, 0.3) is 5.91 Å². The molecule has 0 saturated carbocycles. The van der Waals surface area contributed by atoms with Gasteiger partial charge in [-0.05, 0) is 6.42 Å². The molecule has 1 atom stereocenters. The third kappa shape index (κ3) is 3.28. The van der Waals surface area contributed by atoms with E-state index in [1.54, 1.807) is 18.6 Å². The largest absolute Gasteiger partial charge is 0.496 e. The fraction of sp³-hybridized carbons (Fsp3) is 0.417. The fourth-order valence-electron chi connectivity index (χ4n) is 1.24. The Labute approximate surface area is 99.8 Å². The highest BCUT2D eigenvalue weighted by atomic mass is 32.1. The van der Waals surface area contributed by atoms with Gasteiger partial charge >= 0.3 is 0 Å². The van der Waals surface area contributed by atoms with Crippen molar-refractivity contribution in [2.75, 3.05) is 7.11 Å². The van der Waals surface area contributed by atoms with Crippen LogP contribution in [0.5, 0.6) is 5.75 Å². The van der Waals surface area contributed by atoms with Crippen LogP contribution in [0.1, 0.15) is 29.4 Å². The number of carbonyl (C=O) groups is 1. The molecule has 1 rings (SSSR count). The van der Waals surface area contributed by atoms with E-state index in [9.17, 15) is 4.79 Å². The molecular formula is C12H15NO2S. The van der Waals surface area contributed by atoms with Crippen molar-refractivity contribution in [1.29, 1.82) is 0 Å². The second-order valence-electron chi connectivity index (χ2n) is 3.34. The number of amides is 1. The van der Waals surface area contributed by atoms with Gasteiger partial charge in [0.2, 0.25) is 0 Å². The van der Waals surface area contributed by atoms with Gasteiger partial charge in [-0.15, -0.1) is 23.7 Å². The monoisotopic (exact) mass is 237 g/mol. The van der Waals surface area contributed by atoms with Gasteiger partial charge in [0, 0.05) is 23.9 Å². The van der Waals surface area contributed by atoms with E-state index in [2.05, 4.69) is 11.2 Å². The van der Waals surface area contributed by atoms with Crippen molar-refractivity contribution in [1.82, 2.24) is 5.32 Å². The minimum atomic E-state index is -0.0876. The average Bonchev–Trinajstić information content (AvgIpc) is 2.76. The molecule has 3 nitrogen and oxygen atoms in total. The lowest BCUT2D eigenvalue weighted by atomic mass is 10.1. The number of rotatable bonds is 5. The topological polar surface area (TPSA) is 38.3 Å². The predicted molar refractivity (Wildman–Crippen MR) is 65.9 cm³/mol. The lowest BCUT2D eigenvalue weighted by molar-refractivity contribution is 0.0940. The summed E-state index contributed by atoms with van der Waals surface area (Å²) < 4.78 is 5.02. The SMILES string of the molecule is C#CCC(CC)NC(=O)c1cc(OC)cs1. The molecule has 1 heterocycles. The summed E-state index contributed by atoms with van der Waals surface area (Å²) in [5, 5.41) is 4.70. The Morgan fingerprint density at radius 3 is 3.00 bits per heavy atom. The maximum absolute atomic E-state index is 11.8. The molecule has 0 aliphatic carbocycles. The molecule has 1 aromatic rings. The molecule has 0 aliphatic rings. The van der Waals surface area contributed by atoms with E-state index in [0.29, 0.717) is 17.0 Å². The molecule has 1 unspecified atom stereocenters. The number of nitrogens with one attached hydrogen (secondary N) is 1. The molecule has 0 fully saturated rings. The zero-order valence-electron chi connectivity index (χ0n) is 9.45. The number of thiophene rings is 1. The maximum atomic E-state index is 11.8. The van der Waals surface area contributed by atoms with Gasteiger partial charge in [-0.2, -0.15) is 0 Å². The smallest absolute Gasteiger partial charge is 0.261 e. The van der Waals surface area contributed by atoms with E-state index >= 15 is 0 Å². The molecule has 86 valence electrons. The van der Waals surface area contributed by atoms with Crippen LogP contribution in [0.25, 0.3) is 0 Å². The quantitative estimate of drug-likeness (QED) is 0.798. The molecule has 1 amide bonds. The zero-order valence-corrected chi connectivity index (χ0v) is 10.3. The van der Waals surface area contributed by atoms with Gasteiger partial charge in [0.15, 0.2) is 0 Å². The predicted octanol–water partition coefficient (Wildman–Crippen LogP) is 2.29. The number of hydrogen-bond donors (Lipinski definition) is 1. The Morgan fingerprint density at radius 1 is 1.75 bits per heavy atom. The lowest BCUT2D eigenvalue weighted by Gasteiger charge is -2.12. The summed E-state index contributed by atoms with van der Waals surface area (Å²) >= 11 is 1.36. The first kappa shape index (κ1) is 12.6. The molecule has 0 bridgehead atoms. The summed E-state index contributed by atoms with van der Waals surface area (Å²) in [5.41, 5.74) is 0. The van der Waals surface area contributed by atoms with E-state index in [-0.39, 0.29) is 11.9 Å². The van der Waals surface area contributed by atoms with Gasteiger partial charge in [-0.25, -0.2) is 0 Å². The minimum Gasteiger partial charge on any atom is -0.496 e. The fourth-order valence-corrected chi connectivity index (χ4v) is 2.00. The van der Waals surface area contributed by atoms with Gasteiger partial charge in [-0.1, -0.05) is 6.92 Å². The normalized spacial score (nSPS) is 11.6. The van der Waals surface area contributed by atoms with Crippen LogP contribution in [0.4, 0.5) is 0 Å². The molecule has 4 heteroatoms. The number of carbonyl (C=O) groups excluding carboxylic acids is 1. The molecule has 1 aromatic heterocycles. The highest BCUT2D eigenvalue weighted by molar-refractivity contribution is 7.12. The van der Waals surface area contributed by atoms with Crippen LogP contribution in [-0.4, -0.2) is 19.1 Å². The van der Waals surface area contributed by atoms with Crippen molar-refractivity contribution in [3.63, 3.8) is 0 Å². The second-order valence-corrected chi connectivity index (χ2v) is 4.25. The number of hydrogen-bond acceptors (Lipinski definition) is 3. The molecule has 16 heavy (non-hydrogen) atoms. The highest BCUT2D eigenvalue weighted by Gasteiger charge is 2.13. The van der Waals surface area contributed by atoms with Crippen LogP contribution >= 0.6 is 11.3 Å². The third-order valence-electron chi connectivity index (χ3n) is 2.23. The van der Waals surface area contributed by atoms with Crippen molar-refractivity contribution in [3.05, 3.63) is 16.3 Å². The van der Waals surface area contributed by atoms with Gasteiger partial charge in [0.05, 0.1) is 12.0 Å². The Morgan fingerprint density at radius 2 is 2.50 bits per heavy atom. The maximum Gasteiger partial charge on any atom is 0.261 e. The number of terminal acetylenes is 1. The molecule has 0 radical (unpaired) electrons. The van der Waals surface area contributed by atoms with Crippen LogP contribution in [0.2, 0.25) is 0 Å². The van der Waals surface area contributed by atoms with Crippen molar-refractivity contribution >= 4 is 17.2 Å². The first-order chi connectivity index (χ1) is 7.71. The molecule has 0 aliphatic heterocycles. The Kier molecular flexibility index (Phi) is 4.87. The first-order valence-electron chi connectivity index (χ1n) is 5.08. The molecule has 0 spiro atoms. The molecule has 1 N–H and O–H groups in total. The van der Waals surface area contributed by atoms with E-state index in [4.69, 9.17) is 11.2 Å². The van der Waals surface area contributed by atoms with Gasteiger partial charge in [-0.3, -0.25) is 4.79 Å². The zero-order chi connectivity index (χ0) is 12.0. The van der Waals surface area contributed by atoms with Crippen molar-refractivity contribution in [3.8, 4) is 18.1 Å². The summed E-state index contributed by atoms with van der Waals surface area (Å²) in [6.45, 7) is 2.00. The van der Waals surface area contributed by atoms with Crippen LogP contribution in [0, 0.1) is 12.3 Å². The summed E-state index contributed by atoms with van der Waals surface area (Å²) in [7, 11) is 1.58. The number of ether oxygens (including phenoxy) is 1. The minimum absolute atomic E-state index is 0.0468. The van der Waals surface area contributed by atoms with Crippen molar-refractivity contribution < 1.29 is 9.53 Å². The molecule has 0 saturated heterocycles. The Hall–Kier alpha value is -1.47. The van der Waals surface area contributed by atoms with Crippen LogP contribution in [-0.2, 0) is 0 Å².